The van der Waals surface area contributed by atoms with Crippen molar-refractivity contribution >= 4 is 0 Å². The van der Waals surface area contributed by atoms with Crippen LogP contribution in [-0.4, -0.2) is 16.9 Å². The molecule has 0 aromatic heterocycles. The number of halogens is 3. The summed E-state index contributed by atoms with van der Waals surface area (Å²) in [7, 11) is 0. The van der Waals surface area contributed by atoms with Crippen LogP contribution in [0, 0.1) is 0 Å². The molecule has 0 aromatic carbocycles. The Morgan fingerprint density at radius 1 is 1.17 bits per heavy atom. The van der Waals surface area contributed by atoms with Crippen LogP contribution in [0.2, 0.25) is 0 Å². The second-order valence-corrected chi connectivity index (χ2v) is 4.84. The number of allylic oxidation sites excluding steroid dienone is 5. The zero-order chi connectivity index (χ0) is 14.4. The second-order valence-electron chi connectivity index (χ2n) is 4.84. The van der Waals surface area contributed by atoms with E-state index in [9.17, 15) is 13.2 Å². The van der Waals surface area contributed by atoms with Crippen LogP contribution in [0.25, 0.3) is 0 Å². The summed E-state index contributed by atoms with van der Waals surface area (Å²) in [5, 5.41) is 9.16. The average Bonchev–Trinajstić information content (AvgIpc) is 2.14. The minimum atomic E-state index is -4.65. The molecule has 104 valence electrons. The molecule has 0 aliphatic rings. The minimum absolute atomic E-state index is 0.732. The molecule has 0 rings (SSSR count). The molecule has 0 saturated heterocycles. The Hall–Kier alpha value is -1.03. The van der Waals surface area contributed by atoms with Crippen LogP contribution in [0.5, 0.6) is 0 Å². The third-order valence-electron chi connectivity index (χ3n) is 2.47. The van der Waals surface area contributed by atoms with E-state index < -0.39 is 11.8 Å². The van der Waals surface area contributed by atoms with Crippen molar-refractivity contribution in [2.75, 3.05) is 0 Å². The summed E-state index contributed by atoms with van der Waals surface area (Å²) in [6, 6.07) is 0. The lowest BCUT2D eigenvalue weighted by molar-refractivity contribution is -0.232. The fourth-order valence-electron chi connectivity index (χ4n) is 1.17. The first-order chi connectivity index (χ1) is 8.06. The standard InChI is InChI=1S/C14H21F3O/c1-11(2)7-5-8-12(3)9-6-10-13(4,18)14(15,16)17/h6-7,9-10,18H,5,8H2,1-4H3/b10-6+,12-9+. The smallest absolute Gasteiger partial charge is 0.377 e. The Bertz CT molecular complexity index is 343. The van der Waals surface area contributed by atoms with E-state index in [0.29, 0.717) is 0 Å². The molecule has 0 radical (unpaired) electrons. The van der Waals surface area contributed by atoms with Crippen LogP contribution >= 0.6 is 0 Å². The van der Waals surface area contributed by atoms with Gasteiger partial charge in [-0.1, -0.05) is 29.4 Å². The van der Waals surface area contributed by atoms with E-state index in [0.717, 1.165) is 31.4 Å². The zero-order valence-electron chi connectivity index (χ0n) is 11.3. The van der Waals surface area contributed by atoms with E-state index in [1.807, 2.05) is 20.8 Å². The van der Waals surface area contributed by atoms with Crippen molar-refractivity contribution < 1.29 is 18.3 Å². The van der Waals surface area contributed by atoms with Crippen LogP contribution in [0.3, 0.4) is 0 Å². The summed E-state index contributed by atoms with van der Waals surface area (Å²) in [5.74, 6) is 0. The van der Waals surface area contributed by atoms with Gasteiger partial charge in [0.25, 0.3) is 0 Å². The summed E-state index contributed by atoms with van der Waals surface area (Å²) in [6.45, 7) is 6.58. The second kappa shape index (κ2) is 6.78. The molecule has 0 spiro atoms. The molecule has 0 fully saturated rings. The third kappa shape index (κ3) is 6.64. The van der Waals surface area contributed by atoms with Crippen molar-refractivity contribution in [2.45, 2.75) is 52.3 Å². The molecule has 4 heteroatoms. The van der Waals surface area contributed by atoms with Crippen molar-refractivity contribution in [3.8, 4) is 0 Å². The van der Waals surface area contributed by atoms with Crippen molar-refractivity contribution in [3.05, 3.63) is 35.5 Å². The van der Waals surface area contributed by atoms with Crippen LogP contribution in [0.1, 0.15) is 40.5 Å². The van der Waals surface area contributed by atoms with Crippen molar-refractivity contribution in [1.82, 2.24) is 0 Å². The number of hydrogen-bond acceptors (Lipinski definition) is 1. The van der Waals surface area contributed by atoms with E-state index in [2.05, 4.69) is 6.08 Å². The summed E-state index contributed by atoms with van der Waals surface area (Å²) in [4.78, 5) is 0. The van der Waals surface area contributed by atoms with Crippen molar-refractivity contribution in [3.63, 3.8) is 0 Å². The molecule has 0 aromatic rings. The maximum absolute atomic E-state index is 12.3. The third-order valence-corrected chi connectivity index (χ3v) is 2.47. The highest BCUT2D eigenvalue weighted by Crippen LogP contribution is 2.30. The molecular weight excluding hydrogens is 241 g/mol. The maximum atomic E-state index is 12.3. The van der Waals surface area contributed by atoms with Gasteiger partial charge in [0.2, 0.25) is 0 Å². The highest BCUT2D eigenvalue weighted by atomic mass is 19.4. The maximum Gasteiger partial charge on any atom is 0.420 e. The topological polar surface area (TPSA) is 20.2 Å². The first-order valence-corrected chi connectivity index (χ1v) is 5.84. The number of alkyl halides is 3. The molecule has 1 N–H and O–H groups in total. The Balaban J connectivity index is 4.41. The lowest BCUT2D eigenvalue weighted by atomic mass is 10.1. The fourth-order valence-corrected chi connectivity index (χ4v) is 1.17. The van der Waals surface area contributed by atoms with Gasteiger partial charge in [-0.3, -0.25) is 0 Å². The quantitative estimate of drug-likeness (QED) is 0.569. The molecule has 0 aliphatic carbocycles. The summed E-state index contributed by atoms with van der Waals surface area (Å²) < 4.78 is 37.0. The molecule has 1 nitrogen and oxygen atoms in total. The number of aliphatic hydroxyl groups is 1. The molecule has 0 saturated carbocycles. The van der Waals surface area contributed by atoms with E-state index in [1.54, 1.807) is 6.08 Å². The van der Waals surface area contributed by atoms with Gasteiger partial charge in [0, 0.05) is 0 Å². The van der Waals surface area contributed by atoms with Crippen LogP contribution in [-0.2, 0) is 0 Å². The Morgan fingerprint density at radius 2 is 1.72 bits per heavy atom. The largest absolute Gasteiger partial charge is 0.420 e. The predicted molar refractivity (Wildman–Crippen MR) is 68.2 cm³/mol. The SMILES string of the molecule is CC(C)=CCC/C(C)=C/C=C/C(C)(O)C(F)(F)F. The van der Waals surface area contributed by atoms with E-state index >= 15 is 0 Å². The monoisotopic (exact) mass is 262 g/mol. The molecule has 1 unspecified atom stereocenters. The number of hydrogen-bond donors (Lipinski definition) is 1. The van der Waals surface area contributed by atoms with E-state index in [-0.39, 0.29) is 0 Å². The highest BCUT2D eigenvalue weighted by Gasteiger charge is 2.47. The van der Waals surface area contributed by atoms with Gasteiger partial charge in [-0.05, 0) is 46.6 Å². The van der Waals surface area contributed by atoms with Crippen molar-refractivity contribution in [1.29, 1.82) is 0 Å². The average molecular weight is 262 g/mol. The normalized spacial score (nSPS) is 16.8. The van der Waals surface area contributed by atoms with Gasteiger partial charge in [-0.25, -0.2) is 0 Å². The molecular formula is C14H21F3O. The van der Waals surface area contributed by atoms with Gasteiger partial charge in [-0.2, -0.15) is 13.2 Å². The van der Waals surface area contributed by atoms with Crippen LogP contribution in [0.4, 0.5) is 13.2 Å². The van der Waals surface area contributed by atoms with Gasteiger partial charge < -0.3 is 5.11 Å². The summed E-state index contributed by atoms with van der Waals surface area (Å²) >= 11 is 0. The van der Waals surface area contributed by atoms with Gasteiger partial charge in [0.05, 0.1) is 0 Å². The van der Waals surface area contributed by atoms with Gasteiger partial charge in [0.15, 0.2) is 5.60 Å². The Kier molecular flexibility index (Phi) is 6.39. The molecule has 1 atom stereocenters. The molecule has 18 heavy (non-hydrogen) atoms. The summed E-state index contributed by atoms with van der Waals surface area (Å²) in [5.41, 5.74) is -0.580. The first kappa shape index (κ1) is 17.0. The first-order valence-electron chi connectivity index (χ1n) is 5.84. The highest BCUT2D eigenvalue weighted by molar-refractivity contribution is 5.16. The Morgan fingerprint density at radius 3 is 2.17 bits per heavy atom. The van der Waals surface area contributed by atoms with Crippen LogP contribution in [0.15, 0.2) is 35.5 Å². The zero-order valence-corrected chi connectivity index (χ0v) is 11.3. The van der Waals surface area contributed by atoms with Gasteiger partial charge in [-0.15, -0.1) is 0 Å². The van der Waals surface area contributed by atoms with E-state index in [1.165, 1.54) is 11.6 Å². The van der Waals surface area contributed by atoms with Crippen molar-refractivity contribution in [2.24, 2.45) is 0 Å². The summed E-state index contributed by atoms with van der Waals surface area (Å²) in [6.07, 6.45) is 2.71. The lowest BCUT2D eigenvalue weighted by Crippen LogP contribution is -2.39. The van der Waals surface area contributed by atoms with Gasteiger partial charge in [0.1, 0.15) is 0 Å². The predicted octanol–water partition coefficient (Wildman–Crippen LogP) is 4.55. The molecule has 0 heterocycles. The minimum Gasteiger partial charge on any atom is -0.377 e. The fraction of sp³-hybridized carbons (Fsp3) is 0.571. The number of rotatable bonds is 5. The van der Waals surface area contributed by atoms with Crippen LogP contribution < -0.4 is 0 Å². The lowest BCUT2D eigenvalue weighted by Gasteiger charge is -2.22. The Labute approximate surface area is 107 Å². The molecule has 0 aliphatic heterocycles. The van der Waals surface area contributed by atoms with Gasteiger partial charge >= 0.3 is 6.18 Å². The molecule has 0 amide bonds. The molecule has 0 bridgehead atoms. The van der Waals surface area contributed by atoms with E-state index in [4.69, 9.17) is 5.11 Å².